The average molecular weight is 327 g/mol. The maximum atomic E-state index is 12.7. The number of carbonyl (C=O) groups is 1. The molecule has 0 aliphatic heterocycles. The summed E-state index contributed by atoms with van der Waals surface area (Å²) in [5.41, 5.74) is 4.49. The van der Waals surface area contributed by atoms with Gasteiger partial charge in [-0.05, 0) is 54.7 Å². The van der Waals surface area contributed by atoms with E-state index in [1.807, 2.05) is 36.6 Å². The molecule has 0 fully saturated rings. The Labute approximate surface area is 142 Å². The van der Waals surface area contributed by atoms with Crippen LogP contribution in [0.1, 0.15) is 53.6 Å². The summed E-state index contributed by atoms with van der Waals surface area (Å²) in [5, 5.41) is 5.12. The summed E-state index contributed by atoms with van der Waals surface area (Å²) in [6.45, 7) is 8.98. The van der Waals surface area contributed by atoms with Gasteiger partial charge in [0.2, 0.25) is 0 Å². The predicted octanol–water partition coefficient (Wildman–Crippen LogP) is 5.46. The molecule has 1 unspecified atom stereocenters. The zero-order valence-corrected chi connectivity index (χ0v) is 15.2. The lowest BCUT2D eigenvalue weighted by molar-refractivity contribution is 0.102. The van der Waals surface area contributed by atoms with Crippen molar-refractivity contribution in [3.05, 3.63) is 51.2 Å². The number of fused-ring (bicyclic) bond motifs is 1. The van der Waals surface area contributed by atoms with Gasteiger partial charge in [0.15, 0.2) is 0 Å². The highest BCUT2D eigenvalue weighted by Gasteiger charge is 2.31. The summed E-state index contributed by atoms with van der Waals surface area (Å²) in [4.78, 5) is 14.1. The van der Waals surface area contributed by atoms with Crippen molar-refractivity contribution in [2.75, 3.05) is 5.32 Å². The molecule has 0 saturated heterocycles. The van der Waals surface area contributed by atoms with E-state index in [0.717, 1.165) is 29.7 Å². The molecule has 1 heterocycles. The van der Waals surface area contributed by atoms with Crippen molar-refractivity contribution in [2.24, 2.45) is 11.3 Å². The summed E-state index contributed by atoms with van der Waals surface area (Å²) in [5.74, 6) is 0.743. The van der Waals surface area contributed by atoms with Crippen LogP contribution in [0.15, 0.2) is 29.6 Å². The molecule has 1 N–H and O–H groups in total. The maximum Gasteiger partial charge on any atom is 0.256 e. The molecular weight excluding hydrogens is 302 g/mol. The van der Waals surface area contributed by atoms with Crippen LogP contribution in [0.4, 0.5) is 5.69 Å². The first kappa shape index (κ1) is 16.3. The minimum absolute atomic E-state index is 0.0333. The number of hydrogen-bond donors (Lipinski definition) is 1. The Morgan fingerprint density at radius 3 is 2.70 bits per heavy atom. The minimum atomic E-state index is 0.0333. The molecule has 0 spiro atoms. The van der Waals surface area contributed by atoms with Crippen molar-refractivity contribution in [2.45, 2.75) is 47.0 Å². The van der Waals surface area contributed by atoms with Gasteiger partial charge in [-0.25, -0.2) is 0 Å². The molecule has 1 atom stereocenters. The van der Waals surface area contributed by atoms with Crippen LogP contribution in [0.25, 0.3) is 0 Å². The van der Waals surface area contributed by atoms with Crippen molar-refractivity contribution in [3.63, 3.8) is 0 Å². The molecule has 0 bridgehead atoms. The molecule has 2 aromatic rings. The van der Waals surface area contributed by atoms with Gasteiger partial charge in [-0.2, -0.15) is 0 Å². The minimum Gasteiger partial charge on any atom is -0.322 e. The third kappa shape index (κ3) is 3.35. The molecule has 1 aromatic heterocycles. The summed E-state index contributed by atoms with van der Waals surface area (Å²) in [6, 6.07) is 7.93. The lowest BCUT2D eigenvalue weighted by atomic mass is 9.72. The van der Waals surface area contributed by atoms with E-state index in [0.29, 0.717) is 11.3 Å². The standard InChI is InChI=1S/C20H25NOS/c1-13-7-5-6-8-17(13)21-19(22)16-12-23-18-11-14(20(2,3)4)9-10-15(16)18/h5-8,12,14H,9-11H2,1-4H3,(H,21,22). The highest BCUT2D eigenvalue weighted by molar-refractivity contribution is 7.10. The number of anilines is 1. The average Bonchev–Trinajstić information content (AvgIpc) is 2.92. The van der Waals surface area contributed by atoms with Gasteiger partial charge in [0.25, 0.3) is 5.91 Å². The zero-order valence-electron chi connectivity index (χ0n) is 14.4. The van der Waals surface area contributed by atoms with E-state index in [9.17, 15) is 4.79 Å². The Bertz CT molecular complexity index is 723. The van der Waals surface area contributed by atoms with Crippen LogP contribution in [0.5, 0.6) is 0 Å². The fraction of sp³-hybridized carbons (Fsp3) is 0.450. The first-order valence-corrected chi connectivity index (χ1v) is 9.20. The van der Waals surface area contributed by atoms with Gasteiger partial charge in [-0.1, -0.05) is 39.0 Å². The van der Waals surface area contributed by atoms with Crippen molar-refractivity contribution >= 4 is 22.9 Å². The van der Waals surface area contributed by atoms with Gasteiger partial charge in [0, 0.05) is 15.9 Å². The Kier molecular flexibility index (Phi) is 4.33. The Hall–Kier alpha value is -1.61. The monoisotopic (exact) mass is 327 g/mol. The second kappa shape index (κ2) is 6.12. The van der Waals surface area contributed by atoms with E-state index in [4.69, 9.17) is 0 Å². The normalized spacial score (nSPS) is 17.7. The molecule has 2 nitrogen and oxygen atoms in total. The van der Waals surface area contributed by atoms with Crippen molar-refractivity contribution in [3.8, 4) is 0 Å². The van der Waals surface area contributed by atoms with E-state index in [2.05, 4.69) is 26.1 Å². The maximum absolute atomic E-state index is 12.7. The topological polar surface area (TPSA) is 29.1 Å². The van der Waals surface area contributed by atoms with Gasteiger partial charge in [-0.3, -0.25) is 4.79 Å². The molecule has 3 heteroatoms. The lowest BCUT2D eigenvalue weighted by Gasteiger charge is -2.34. The predicted molar refractivity (Wildman–Crippen MR) is 98.4 cm³/mol. The number of benzene rings is 1. The van der Waals surface area contributed by atoms with Crippen LogP contribution >= 0.6 is 11.3 Å². The van der Waals surface area contributed by atoms with Gasteiger partial charge < -0.3 is 5.32 Å². The zero-order chi connectivity index (χ0) is 16.6. The second-order valence-electron chi connectivity index (χ2n) is 7.63. The van der Waals surface area contributed by atoms with Crippen molar-refractivity contribution in [1.82, 2.24) is 0 Å². The first-order chi connectivity index (χ1) is 10.9. The number of aryl methyl sites for hydroxylation is 1. The lowest BCUT2D eigenvalue weighted by Crippen LogP contribution is -2.27. The van der Waals surface area contributed by atoms with Crippen LogP contribution in [0.2, 0.25) is 0 Å². The quantitative estimate of drug-likeness (QED) is 0.779. The van der Waals surface area contributed by atoms with Gasteiger partial charge in [0.05, 0.1) is 5.56 Å². The summed E-state index contributed by atoms with van der Waals surface area (Å²) in [7, 11) is 0. The van der Waals surface area contributed by atoms with E-state index in [1.54, 1.807) is 11.3 Å². The first-order valence-electron chi connectivity index (χ1n) is 8.32. The van der Waals surface area contributed by atoms with Crippen LogP contribution in [0.3, 0.4) is 0 Å². The van der Waals surface area contributed by atoms with Crippen molar-refractivity contribution < 1.29 is 4.79 Å². The molecular formula is C20H25NOS. The summed E-state index contributed by atoms with van der Waals surface area (Å²) >= 11 is 1.75. The molecule has 1 amide bonds. The smallest absolute Gasteiger partial charge is 0.256 e. The number of amides is 1. The molecule has 23 heavy (non-hydrogen) atoms. The highest BCUT2D eigenvalue weighted by atomic mass is 32.1. The molecule has 0 saturated carbocycles. The number of rotatable bonds is 2. The van der Waals surface area contributed by atoms with Crippen LogP contribution < -0.4 is 5.32 Å². The molecule has 0 radical (unpaired) electrons. The third-order valence-electron chi connectivity index (χ3n) is 5.02. The number of carbonyl (C=O) groups excluding carboxylic acids is 1. The number of nitrogens with one attached hydrogen (secondary N) is 1. The second-order valence-corrected chi connectivity index (χ2v) is 8.59. The molecule has 1 aliphatic carbocycles. The Morgan fingerprint density at radius 2 is 2.00 bits per heavy atom. The summed E-state index contributed by atoms with van der Waals surface area (Å²) in [6.07, 6.45) is 3.32. The third-order valence-corrected chi connectivity index (χ3v) is 6.07. The fourth-order valence-corrected chi connectivity index (χ4v) is 4.51. The summed E-state index contributed by atoms with van der Waals surface area (Å²) < 4.78 is 0. The Balaban J connectivity index is 1.80. The van der Waals surface area contributed by atoms with Crippen LogP contribution in [-0.4, -0.2) is 5.91 Å². The highest BCUT2D eigenvalue weighted by Crippen LogP contribution is 2.40. The van der Waals surface area contributed by atoms with E-state index in [1.165, 1.54) is 16.9 Å². The number of para-hydroxylation sites is 1. The fourth-order valence-electron chi connectivity index (χ4n) is 3.34. The van der Waals surface area contributed by atoms with Crippen LogP contribution in [0, 0.1) is 18.3 Å². The van der Waals surface area contributed by atoms with Gasteiger partial charge in [-0.15, -0.1) is 11.3 Å². The molecule has 122 valence electrons. The SMILES string of the molecule is Cc1ccccc1NC(=O)c1csc2c1CCC(C(C)(C)C)C2. The van der Waals surface area contributed by atoms with Crippen LogP contribution in [-0.2, 0) is 12.8 Å². The number of thiophene rings is 1. The van der Waals surface area contributed by atoms with Gasteiger partial charge >= 0.3 is 0 Å². The molecule has 3 rings (SSSR count). The molecule has 1 aromatic carbocycles. The van der Waals surface area contributed by atoms with E-state index in [-0.39, 0.29) is 5.91 Å². The van der Waals surface area contributed by atoms with E-state index >= 15 is 0 Å². The molecule has 1 aliphatic rings. The number of hydrogen-bond acceptors (Lipinski definition) is 2. The van der Waals surface area contributed by atoms with Gasteiger partial charge in [0.1, 0.15) is 0 Å². The Morgan fingerprint density at radius 1 is 1.26 bits per heavy atom. The van der Waals surface area contributed by atoms with Crippen molar-refractivity contribution in [1.29, 1.82) is 0 Å². The van der Waals surface area contributed by atoms with E-state index < -0.39 is 0 Å². The largest absolute Gasteiger partial charge is 0.322 e.